The Morgan fingerprint density at radius 2 is 1.85 bits per heavy atom. The molecule has 5 heteroatoms. The lowest BCUT2D eigenvalue weighted by atomic mass is 10.5. The summed E-state index contributed by atoms with van der Waals surface area (Å²) in [6, 6.07) is 0. The Labute approximate surface area is 78.2 Å². The number of amides is 1. The summed E-state index contributed by atoms with van der Waals surface area (Å²) in [5.74, 6) is 0. The van der Waals surface area contributed by atoms with E-state index in [0.29, 0.717) is 13.2 Å². The van der Waals surface area contributed by atoms with E-state index in [1.165, 1.54) is 7.05 Å². The molecule has 0 aromatic rings. The summed E-state index contributed by atoms with van der Waals surface area (Å²) < 4.78 is 10.3. The average Bonchev–Trinajstić information content (AvgIpc) is 2.05. The SMILES string of the molecule is CCOC(CN(C)C(=O)[O-])OCC. The standard InChI is InChI=1S/C8H17NO4/c1-4-12-7(13-5-2)6-9(3)8(10)11/h7H,4-6H2,1-3H3,(H,10,11)/p-1. The van der Waals surface area contributed by atoms with Crippen molar-refractivity contribution in [2.24, 2.45) is 0 Å². The Hall–Kier alpha value is -0.810. The summed E-state index contributed by atoms with van der Waals surface area (Å²) in [5, 5.41) is 10.3. The number of hydrogen-bond donors (Lipinski definition) is 0. The molecule has 5 nitrogen and oxygen atoms in total. The van der Waals surface area contributed by atoms with Crippen LogP contribution in [0.15, 0.2) is 0 Å². The van der Waals surface area contributed by atoms with Gasteiger partial charge in [0, 0.05) is 20.3 Å². The lowest BCUT2D eigenvalue weighted by Gasteiger charge is -2.25. The summed E-state index contributed by atoms with van der Waals surface area (Å²) in [7, 11) is 1.42. The molecule has 0 aliphatic rings. The van der Waals surface area contributed by atoms with Crippen molar-refractivity contribution >= 4 is 6.09 Å². The smallest absolute Gasteiger partial charge is 0.174 e. The van der Waals surface area contributed by atoms with Gasteiger partial charge in [0.05, 0.1) is 6.54 Å². The number of hydrogen-bond acceptors (Lipinski definition) is 4. The highest BCUT2D eigenvalue weighted by Crippen LogP contribution is 1.97. The van der Waals surface area contributed by atoms with Crippen molar-refractivity contribution in [2.45, 2.75) is 20.1 Å². The van der Waals surface area contributed by atoms with Crippen LogP contribution in [0.3, 0.4) is 0 Å². The van der Waals surface area contributed by atoms with Crippen LogP contribution in [-0.2, 0) is 9.47 Å². The van der Waals surface area contributed by atoms with Crippen molar-refractivity contribution in [3.63, 3.8) is 0 Å². The molecule has 0 spiro atoms. The fourth-order valence-electron chi connectivity index (χ4n) is 0.823. The number of nitrogens with zero attached hydrogens (tertiary/aromatic N) is 1. The lowest BCUT2D eigenvalue weighted by molar-refractivity contribution is -0.268. The fourth-order valence-corrected chi connectivity index (χ4v) is 0.823. The second-order valence-corrected chi connectivity index (χ2v) is 2.49. The summed E-state index contributed by atoms with van der Waals surface area (Å²) >= 11 is 0. The van der Waals surface area contributed by atoms with Crippen LogP contribution in [0.1, 0.15) is 13.8 Å². The molecule has 0 saturated heterocycles. The number of likely N-dealkylation sites (N-methyl/N-ethyl adjacent to an activating group) is 1. The van der Waals surface area contributed by atoms with Gasteiger partial charge in [0.1, 0.15) is 6.09 Å². The molecule has 0 saturated carbocycles. The second kappa shape index (κ2) is 6.68. The molecule has 0 bridgehead atoms. The largest absolute Gasteiger partial charge is 0.530 e. The van der Waals surface area contributed by atoms with Crippen LogP contribution in [0.4, 0.5) is 4.79 Å². The van der Waals surface area contributed by atoms with Gasteiger partial charge in [0.15, 0.2) is 6.29 Å². The highest BCUT2D eigenvalue weighted by Gasteiger charge is 2.10. The molecule has 0 aromatic heterocycles. The predicted octanol–water partition coefficient (Wildman–Crippen LogP) is -0.339. The maximum Gasteiger partial charge on any atom is 0.174 e. The van der Waals surface area contributed by atoms with Crippen LogP contribution in [0, 0.1) is 0 Å². The molecule has 0 aromatic carbocycles. The van der Waals surface area contributed by atoms with Crippen molar-refractivity contribution in [3.05, 3.63) is 0 Å². The van der Waals surface area contributed by atoms with E-state index in [-0.39, 0.29) is 6.54 Å². The van der Waals surface area contributed by atoms with E-state index in [4.69, 9.17) is 9.47 Å². The zero-order chi connectivity index (χ0) is 10.3. The van der Waals surface area contributed by atoms with Gasteiger partial charge < -0.3 is 24.3 Å². The molecule has 0 N–H and O–H groups in total. The Kier molecular flexibility index (Phi) is 6.26. The minimum absolute atomic E-state index is 0.171. The van der Waals surface area contributed by atoms with Crippen molar-refractivity contribution in [2.75, 3.05) is 26.8 Å². The normalized spacial score (nSPS) is 10.5. The van der Waals surface area contributed by atoms with Crippen LogP contribution in [0.2, 0.25) is 0 Å². The fraction of sp³-hybridized carbons (Fsp3) is 0.875. The Morgan fingerprint density at radius 1 is 1.38 bits per heavy atom. The van der Waals surface area contributed by atoms with Crippen molar-refractivity contribution in [3.8, 4) is 0 Å². The predicted molar refractivity (Wildman–Crippen MR) is 45.1 cm³/mol. The highest BCUT2D eigenvalue weighted by atomic mass is 16.7. The minimum atomic E-state index is -1.23. The van der Waals surface area contributed by atoms with Crippen LogP contribution < -0.4 is 5.11 Å². The number of rotatable bonds is 6. The van der Waals surface area contributed by atoms with Crippen LogP contribution in [0.5, 0.6) is 0 Å². The zero-order valence-electron chi connectivity index (χ0n) is 8.28. The molecule has 0 radical (unpaired) electrons. The second-order valence-electron chi connectivity index (χ2n) is 2.49. The Morgan fingerprint density at radius 3 is 2.15 bits per heavy atom. The van der Waals surface area contributed by atoms with Gasteiger partial charge in [-0.3, -0.25) is 0 Å². The monoisotopic (exact) mass is 190 g/mol. The Balaban J connectivity index is 3.85. The third-order valence-electron chi connectivity index (χ3n) is 1.44. The number of ether oxygens (including phenoxy) is 2. The lowest BCUT2D eigenvalue weighted by Crippen LogP contribution is -2.43. The summed E-state index contributed by atoms with van der Waals surface area (Å²) in [6.45, 7) is 4.80. The van der Waals surface area contributed by atoms with Crippen molar-refractivity contribution in [1.29, 1.82) is 0 Å². The van der Waals surface area contributed by atoms with E-state index in [1.807, 2.05) is 13.8 Å². The summed E-state index contributed by atoms with van der Waals surface area (Å²) in [6.07, 6.45) is -1.73. The van der Waals surface area contributed by atoms with Crippen molar-refractivity contribution in [1.82, 2.24) is 4.90 Å². The molecule has 13 heavy (non-hydrogen) atoms. The van der Waals surface area contributed by atoms with E-state index in [1.54, 1.807) is 0 Å². The molecule has 1 amide bonds. The van der Waals surface area contributed by atoms with E-state index >= 15 is 0 Å². The van der Waals surface area contributed by atoms with Crippen LogP contribution in [0.25, 0.3) is 0 Å². The van der Waals surface area contributed by atoms with E-state index in [2.05, 4.69) is 0 Å². The molecule has 0 unspecified atom stereocenters. The first-order chi connectivity index (χ1) is 6.11. The molecular formula is C8H16NO4-. The van der Waals surface area contributed by atoms with Crippen molar-refractivity contribution < 1.29 is 19.4 Å². The first kappa shape index (κ1) is 12.2. The van der Waals surface area contributed by atoms with E-state index in [9.17, 15) is 9.90 Å². The topological polar surface area (TPSA) is 61.8 Å². The number of carbonyl (C=O) groups excluding carboxylic acids is 1. The molecule has 0 atom stereocenters. The van der Waals surface area contributed by atoms with Crippen LogP contribution >= 0.6 is 0 Å². The maximum atomic E-state index is 10.3. The van der Waals surface area contributed by atoms with Gasteiger partial charge in [-0.25, -0.2) is 0 Å². The third-order valence-corrected chi connectivity index (χ3v) is 1.44. The molecule has 78 valence electrons. The summed E-state index contributed by atoms with van der Waals surface area (Å²) in [5.41, 5.74) is 0. The Bertz CT molecular complexity index is 145. The molecule has 0 aliphatic heterocycles. The average molecular weight is 190 g/mol. The van der Waals surface area contributed by atoms with E-state index in [0.717, 1.165) is 4.90 Å². The third kappa shape index (κ3) is 5.43. The van der Waals surface area contributed by atoms with Gasteiger partial charge in [-0.2, -0.15) is 0 Å². The summed E-state index contributed by atoms with van der Waals surface area (Å²) in [4.78, 5) is 11.4. The number of carboxylic acid groups (broad SMARTS) is 1. The minimum Gasteiger partial charge on any atom is -0.530 e. The van der Waals surface area contributed by atoms with Gasteiger partial charge in [-0.15, -0.1) is 0 Å². The van der Waals surface area contributed by atoms with E-state index < -0.39 is 12.4 Å². The van der Waals surface area contributed by atoms with Gasteiger partial charge in [-0.1, -0.05) is 0 Å². The first-order valence-electron chi connectivity index (χ1n) is 4.27. The molecule has 0 aliphatic carbocycles. The molecule has 0 heterocycles. The zero-order valence-corrected chi connectivity index (χ0v) is 8.28. The first-order valence-corrected chi connectivity index (χ1v) is 4.27. The molecule has 0 fully saturated rings. The van der Waals surface area contributed by atoms with Gasteiger partial charge in [-0.05, 0) is 13.8 Å². The van der Waals surface area contributed by atoms with Gasteiger partial charge in [0.25, 0.3) is 0 Å². The van der Waals surface area contributed by atoms with Gasteiger partial charge in [0.2, 0.25) is 0 Å². The highest BCUT2D eigenvalue weighted by molar-refractivity contribution is 5.61. The van der Waals surface area contributed by atoms with Gasteiger partial charge >= 0.3 is 0 Å². The molecular weight excluding hydrogens is 174 g/mol. The number of carbonyl (C=O) groups is 1. The maximum absolute atomic E-state index is 10.3. The quantitative estimate of drug-likeness (QED) is 0.537. The van der Waals surface area contributed by atoms with Crippen LogP contribution in [-0.4, -0.2) is 44.1 Å². The molecule has 0 rings (SSSR count).